The van der Waals surface area contributed by atoms with Crippen LogP contribution < -0.4 is 16.0 Å². The Labute approximate surface area is 169 Å². The quantitative estimate of drug-likeness (QED) is 0.516. The van der Waals surface area contributed by atoms with Crippen molar-refractivity contribution < 1.29 is 22.8 Å². The van der Waals surface area contributed by atoms with Crippen LogP contribution in [-0.2, 0) is 11.2 Å². The van der Waals surface area contributed by atoms with Gasteiger partial charge in [-0.25, -0.2) is 18.0 Å². The fourth-order valence-corrected chi connectivity index (χ4v) is 3.64. The summed E-state index contributed by atoms with van der Waals surface area (Å²) in [7, 11) is 0. The third-order valence-corrected chi connectivity index (χ3v) is 5.08. The molecular weight excluding hydrogens is 397 g/mol. The maximum absolute atomic E-state index is 14.3. The number of benzene rings is 2. The lowest BCUT2D eigenvalue weighted by atomic mass is 10.0. The monoisotopic (exact) mass is 416 g/mol. The molecule has 1 aliphatic heterocycles. The molecule has 0 aliphatic carbocycles. The SMILES string of the molecule is O=C(NCCc1c(-c2ccc(F)cc2)[nH]c2c(F)cc(F)cc12)N[C@H]1CCNC1=O. The Hall–Kier alpha value is -3.49. The summed E-state index contributed by atoms with van der Waals surface area (Å²) in [5.74, 6) is -2.10. The number of carbonyl (C=O) groups excluding carboxylic acids is 2. The Morgan fingerprint density at radius 2 is 1.87 bits per heavy atom. The molecule has 0 bridgehead atoms. The number of amides is 3. The van der Waals surface area contributed by atoms with Crippen LogP contribution in [0.5, 0.6) is 0 Å². The third kappa shape index (κ3) is 3.96. The van der Waals surface area contributed by atoms with Crippen molar-refractivity contribution in [3.63, 3.8) is 0 Å². The molecule has 0 saturated carbocycles. The van der Waals surface area contributed by atoms with Crippen LogP contribution in [0.3, 0.4) is 0 Å². The molecule has 9 heteroatoms. The highest BCUT2D eigenvalue weighted by atomic mass is 19.1. The van der Waals surface area contributed by atoms with Crippen LogP contribution in [0.1, 0.15) is 12.0 Å². The predicted octanol–water partition coefficient (Wildman–Crippen LogP) is 2.98. The second-order valence-corrected chi connectivity index (χ2v) is 7.08. The van der Waals surface area contributed by atoms with Gasteiger partial charge in [-0.1, -0.05) is 0 Å². The number of halogens is 3. The molecule has 30 heavy (non-hydrogen) atoms. The molecule has 2 aromatic carbocycles. The minimum atomic E-state index is -0.738. The van der Waals surface area contributed by atoms with Gasteiger partial charge < -0.3 is 20.9 Å². The maximum Gasteiger partial charge on any atom is 0.315 e. The smallest absolute Gasteiger partial charge is 0.315 e. The number of aromatic nitrogens is 1. The molecule has 1 atom stereocenters. The Morgan fingerprint density at radius 3 is 2.57 bits per heavy atom. The first-order chi connectivity index (χ1) is 14.4. The Morgan fingerprint density at radius 1 is 1.10 bits per heavy atom. The van der Waals surface area contributed by atoms with Crippen molar-refractivity contribution in [2.24, 2.45) is 0 Å². The summed E-state index contributed by atoms with van der Waals surface area (Å²) in [6.45, 7) is 0.677. The Kier molecular flexibility index (Phi) is 5.35. The summed E-state index contributed by atoms with van der Waals surface area (Å²) in [6.07, 6.45) is 0.780. The molecule has 4 rings (SSSR count). The highest BCUT2D eigenvalue weighted by Gasteiger charge is 2.25. The van der Waals surface area contributed by atoms with Crippen molar-refractivity contribution >= 4 is 22.8 Å². The molecule has 0 unspecified atom stereocenters. The van der Waals surface area contributed by atoms with E-state index in [0.717, 1.165) is 6.07 Å². The number of carbonyl (C=O) groups is 2. The number of hydrogen-bond donors (Lipinski definition) is 4. The van der Waals surface area contributed by atoms with Gasteiger partial charge in [-0.15, -0.1) is 0 Å². The second kappa shape index (κ2) is 8.10. The summed E-state index contributed by atoms with van der Waals surface area (Å²) in [6, 6.07) is 6.57. The van der Waals surface area contributed by atoms with Gasteiger partial charge in [-0.2, -0.15) is 0 Å². The van der Waals surface area contributed by atoms with Crippen molar-refractivity contribution in [2.75, 3.05) is 13.1 Å². The van der Waals surface area contributed by atoms with E-state index in [-0.39, 0.29) is 24.4 Å². The molecule has 156 valence electrons. The zero-order valence-electron chi connectivity index (χ0n) is 15.8. The van der Waals surface area contributed by atoms with E-state index in [1.165, 1.54) is 30.3 Å². The van der Waals surface area contributed by atoms with E-state index in [2.05, 4.69) is 20.9 Å². The Bertz CT molecular complexity index is 1110. The first-order valence-corrected chi connectivity index (χ1v) is 9.50. The van der Waals surface area contributed by atoms with Crippen LogP contribution in [0.4, 0.5) is 18.0 Å². The van der Waals surface area contributed by atoms with Gasteiger partial charge in [0, 0.05) is 30.2 Å². The van der Waals surface area contributed by atoms with Crippen LogP contribution in [0.2, 0.25) is 0 Å². The first-order valence-electron chi connectivity index (χ1n) is 9.50. The lowest BCUT2D eigenvalue weighted by Gasteiger charge is -2.12. The van der Waals surface area contributed by atoms with E-state index in [4.69, 9.17) is 0 Å². The molecular formula is C21H19F3N4O2. The first kappa shape index (κ1) is 19.8. The van der Waals surface area contributed by atoms with Gasteiger partial charge in [-0.05, 0) is 54.3 Å². The summed E-state index contributed by atoms with van der Waals surface area (Å²) in [4.78, 5) is 26.6. The van der Waals surface area contributed by atoms with E-state index >= 15 is 0 Å². The second-order valence-electron chi connectivity index (χ2n) is 7.08. The van der Waals surface area contributed by atoms with Gasteiger partial charge in [0.1, 0.15) is 23.5 Å². The predicted molar refractivity (Wildman–Crippen MR) is 105 cm³/mol. The number of rotatable bonds is 5. The average molecular weight is 416 g/mol. The van der Waals surface area contributed by atoms with Gasteiger partial charge in [0.2, 0.25) is 5.91 Å². The molecule has 0 spiro atoms. The summed E-state index contributed by atoms with van der Waals surface area (Å²) in [5, 5.41) is 8.23. The minimum absolute atomic E-state index is 0.137. The zero-order valence-corrected chi connectivity index (χ0v) is 15.8. The van der Waals surface area contributed by atoms with Crippen molar-refractivity contribution in [3.05, 3.63) is 59.4 Å². The molecule has 3 aromatic rings. The van der Waals surface area contributed by atoms with Crippen LogP contribution >= 0.6 is 0 Å². The fraction of sp³-hybridized carbons (Fsp3) is 0.238. The van der Waals surface area contributed by atoms with Gasteiger partial charge >= 0.3 is 6.03 Å². The fourth-order valence-electron chi connectivity index (χ4n) is 3.64. The number of urea groups is 1. The average Bonchev–Trinajstić information content (AvgIpc) is 3.26. The molecule has 1 saturated heterocycles. The molecule has 3 amide bonds. The molecule has 1 fully saturated rings. The highest BCUT2D eigenvalue weighted by Crippen LogP contribution is 2.32. The normalized spacial score (nSPS) is 16.0. The molecule has 4 N–H and O–H groups in total. The highest BCUT2D eigenvalue weighted by molar-refractivity contribution is 5.91. The summed E-state index contributed by atoms with van der Waals surface area (Å²) < 4.78 is 41.4. The van der Waals surface area contributed by atoms with E-state index in [1.807, 2.05) is 0 Å². The lowest BCUT2D eigenvalue weighted by molar-refractivity contribution is -0.120. The molecule has 6 nitrogen and oxygen atoms in total. The third-order valence-electron chi connectivity index (χ3n) is 5.08. The number of fused-ring (bicyclic) bond motifs is 1. The number of hydrogen-bond acceptors (Lipinski definition) is 2. The summed E-state index contributed by atoms with van der Waals surface area (Å²) in [5.41, 5.74) is 1.85. The Balaban J connectivity index is 1.57. The van der Waals surface area contributed by atoms with Gasteiger partial charge in [0.05, 0.1) is 5.52 Å². The van der Waals surface area contributed by atoms with Crippen molar-refractivity contribution in [2.45, 2.75) is 18.9 Å². The van der Waals surface area contributed by atoms with E-state index in [0.29, 0.717) is 35.2 Å². The van der Waals surface area contributed by atoms with Crippen LogP contribution in [0.25, 0.3) is 22.2 Å². The molecule has 1 aromatic heterocycles. The van der Waals surface area contributed by atoms with Gasteiger partial charge in [-0.3, -0.25) is 4.79 Å². The van der Waals surface area contributed by atoms with E-state index < -0.39 is 29.5 Å². The zero-order chi connectivity index (χ0) is 21.3. The van der Waals surface area contributed by atoms with Crippen LogP contribution in [-0.4, -0.2) is 36.1 Å². The molecule has 2 heterocycles. The number of H-pyrrole nitrogens is 1. The number of aromatic amines is 1. The molecule has 1 aliphatic rings. The van der Waals surface area contributed by atoms with Gasteiger partial charge in [0.25, 0.3) is 0 Å². The maximum atomic E-state index is 14.3. The lowest BCUT2D eigenvalue weighted by Crippen LogP contribution is -2.45. The number of nitrogens with one attached hydrogen (secondary N) is 4. The van der Waals surface area contributed by atoms with E-state index in [9.17, 15) is 22.8 Å². The topological polar surface area (TPSA) is 86.0 Å². The van der Waals surface area contributed by atoms with Crippen molar-refractivity contribution in [3.8, 4) is 11.3 Å². The minimum Gasteiger partial charge on any atom is -0.354 e. The standard InChI is InChI=1S/C21H19F3N4O2/c22-12-3-1-11(2-4-12)18-14(15-9-13(23)10-16(24)19(15)28-18)5-7-26-21(30)27-17-6-8-25-20(17)29/h1-4,9-10,17,28H,5-8H2,(H,25,29)(H2,26,27,30)/t17-/m0/s1. The van der Waals surface area contributed by atoms with Gasteiger partial charge in [0.15, 0.2) is 0 Å². The summed E-state index contributed by atoms with van der Waals surface area (Å²) >= 11 is 0. The molecule has 0 radical (unpaired) electrons. The van der Waals surface area contributed by atoms with Crippen LogP contribution in [0.15, 0.2) is 36.4 Å². The largest absolute Gasteiger partial charge is 0.354 e. The van der Waals surface area contributed by atoms with E-state index in [1.54, 1.807) is 0 Å². The van der Waals surface area contributed by atoms with Crippen LogP contribution in [0, 0.1) is 17.5 Å². The van der Waals surface area contributed by atoms with Crippen molar-refractivity contribution in [1.29, 1.82) is 0 Å². The van der Waals surface area contributed by atoms with Crippen molar-refractivity contribution in [1.82, 2.24) is 20.9 Å².